The monoisotopic (exact) mass is 437 g/mol. The summed E-state index contributed by atoms with van der Waals surface area (Å²) in [5.74, 6) is -0.320. The molecule has 0 fully saturated rings. The number of fused-ring (bicyclic) bond motifs is 1. The third-order valence-corrected chi connectivity index (χ3v) is 4.96. The average Bonchev–Trinajstić information content (AvgIpc) is 2.76. The topological polar surface area (TPSA) is 94.8 Å². The normalized spacial score (nSPS) is 11.7. The zero-order valence-corrected chi connectivity index (χ0v) is 18.5. The molecule has 7 nitrogen and oxygen atoms in total. The second kappa shape index (κ2) is 10.6. The molecule has 1 aromatic heterocycles. The summed E-state index contributed by atoms with van der Waals surface area (Å²) in [6.45, 7) is 5.68. The van der Waals surface area contributed by atoms with Crippen LogP contribution in [-0.4, -0.2) is 18.1 Å². The molecule has 3 rings (SSSR count). The number of carbonyl (C=O) groups excluding carboxylic acids is 2. The molecule has 1 heterocycles. The molecule has 32 heavy (non-hydrogen) atoms. The van der Waals surface area contributed by atoms with Crippen LogP contribution in [0.25, 0.3) is 11.0 Å². The fourth-order valence-electron chi connectivity index (χ4n) is 3.43. The van der Waals surface area contributed by atoms with Crippen molar-refractivity contribution in [2.24, 2.45) is 0 Å². The van der Waals surface area contributed by atoms with Gasteiger partial charge < -0.3 is 19.2 Å². The van der Waals surface area contributed by atoms with E-state index in [1.54, 1.807) is 19.1 Å². The number of rotatable bonds is 8. The first-order valence-corrected chi connectivity index (χ1v) is 10.7. The Labute approximate surface area is 186 Å². The van der Waals surface area contributed by atoms with E-state index in [2.05, 4.69) is 5.32 Å². The van der Waals surface area contributed by atoms with Gasteiger partial charge in [0.05, 0.1) is 5.39 Å². The maximum Gasteiger partial charge on any atom is 0.408 e. The summed E-state index contributed by atoms with van der Waals surface area (Å²) in [5.41, 5.74) is 2.30. The Morgan fingerprint density at radius 1 is 1.09 bits per heavy atom. The number of hydrogen-bond donors (Lipinski definition) is 1. The van der Waals surface area contributed by atoms with Gasteiger partial charge in [-0.3, -0.25) is 0 Å². The Morgan fingerprint density at radius 2 is 1.84 bits per heavy atom. The number of carbonyl (C=O) groups is 2. The Morgan fingerprint density at radius 3 is 2.53 bits per heavy atom. The van der Waals surface area contributed by atoms with Crippen molar-refractivity contribution in [3.63, 3.8) is 0 Å². The summed E-state index contributed by atoms with van der Waals surface area (Å²) in [6.07, 6.45) is 1.06. The van der Waals surface area contributed by atoms with Gasteiger partial charge in [-0.2, -0.15) is 0 Å². The van der Waals surface area contributed by atoms with Crippen molar-refractivity contribution in [2.45, 2.75) is 52.7 Å². The fraction of sp³-hybridized carbons (Fsp3) is 0.320. The molecule has 3 aromatic rings. The number of amides is 1. The van der Waals surface area contributed by atoms with E-state index >= 15 is 0 Å². The number of alkyl carbamates (subject to hydrolysis) is 1. The van der Waals surface area contributed by atoms with Crippen LogP contribution in [-0.2, 0) is 22.6 Å². The predicted octanol–water partition coefficient (Wildman–Crippen LogP) is 4.66. The van der Waals surface area contributed by atoms with E-state index in [0.717, 1.165) is 23.1 Å². The minimum absolute atomic E-state index is 0.0973. The van der Waals surface area contributed by atoms with Gasteiger partial charge in [0.2, 0.25) is 0 Å². The Hall–Kier alpha value is -3.61. The molecule has 7 heteroatoms. The van der Waals surface area contributed by atoms with Crippen LogP contribution < -0.4 is 15.7 Å². The standard InChI is InChI=1S/C25H27NO6/c1-4-9-18-14-22(27)31-20-12-16(3)13-21(23(18)20)32-24(28)19(5-2)26-25(29)30-15-17-10-7-6-8-11-17/h6-8,10-14,19H,4-5,9,15H2,1-3H3,(H,26,29)/t19-/m1/s1. The third-order valence-electron chi connectivity index (χ3n) is 4.96. The van der Waals surface area contributed by atoms with Crippen molar-refractivity contribution >= 4 is 23.0 Å². The molecule has 1 atom stereocenters. The molecular formula is C25H27NO6. The minimum atomic E-state index is -0.890. The van der Waals surface area contributed by atoms with E-state index in [0.29, 0.717) is 29.6 Å². The molecule has 0 spiro atoms. The fourth-order valence-corrected chi connectivity index (χ4v) is 3.43. The summed E-state index contributed by atoms with van der Waals surface area (Å²) >= 11 is 0. The number of esters is 1. The van der Waals surface area contributed by atoms with Crippen molar-refractivity contribution in [3.05, 3.63) is 75.6 Å². The third kappa shape index (κ3) is 5.75. The van der Waals surface area contributed by atoms with Gasteiger partial charge in [0, 0.05) is 6.07 Å². The highest BCUT2D eigenvalue weighted by Crippen LogP contribution is 2.31. The van der Waals surface area contributed by atoms with E-state index in [1.807, 2.05) is 44.2 Å². The summed E-state index contributed by atoms with van der Waals surface area (Å²) in [6, 6.07) is 13.3. The highest BCUT2D eigenvalue weighted by molar-refractivity contribution is 5.91. The van der Waals surface area contributed by atoms with E-state index in [4.69, 9.17) is 13.9 Å². The van der Waals surface area contributed by atoms with Crippen LogP contribution in [0.4, 0.5) is 4.79 Å². The van der Waals surface area contributed by atoms with E-state index in [-0.39, 0.29) is 6.61 Å². The molecular weight excluding hydrogens is 410 g/mol. The van der Waals surface area contributed by atoms with Gasteiger partial charge in [-0.25, -0.2) is 14.4 Å². The maximum absolute atomic E-state index is 12.9. The first-order valence-electron chi connectivity index (χ1n) is 10.7. The van der Waals surface area contributed by atoms with Crippen LogP contribution >= 0.6 is 0 Å². The summed E-state index contributed by atoms with van der Waals surface area (Å²) in [7, 11) is 0. The minimum Gasteiger partial charge on any atom is -0.445 e. The van der Waals surface area contributed by atoms with E-state index < -0.39 is 23.7 Å². The second-order valence-electron chi connectivity index (χ2n) is 7.56. The highest BCUT2D eigenvalue weighted by atomic mass is 16.6. The summed E-state index contributed by atoms with van der Waals surface area (Å²) < 4.78 is 16.2. The van der Waals surface area contributed by atoms with Crippen molar-refractivity contribution in [1.29, 1.82) is 0 Å². The Balaban J connectivity index is 1.77. The quantitative estimate of drug-likeness (QED) is 0.313. The van der Waals surface area contributed by atoms with Gasteiger partial charge in [-0.1, -0.05) is 50.6 Å². The van der Waals surface area contributed by atoms with Gasteiger partial charge in [0.25, 0.3) is 0 Å². The molecule has 0 unspecified atom stereocenters. The van der Waals surface area contributed by atoms with Crippen molar-refractivity contribution in [2.75, 3.05) is 0 Å². The molecule has 0 aliphatic carbocycles. The smallest absolute Gasteiger partial charge is 0.408 e. The van der Waals surface area contributed by atoms with Crippen molar-refractivity contribution < 1.29 is 23.5 Å². The van der Waals surface area contributed by atoms with E-state index in [9.17, 15) is 14.4 Å². The van der Waals surface area contributed by atoms with Crippen LogP contribution in [0.5, 0.6) is 5.75 Å². The van der Waals surface area contributed by atoms with Crippen LogP contribution in [0.1, 0.15) is 43.4 Å². The molecule has 2 aromatic carbocycles. The maximum atomic E-state index is 12.9. The highest BCUT2D eigenvalue weighted by Gasteiger charge is 2.24. The lowest BCUT2D eigenvalue weighted by Gasteiger charge is -2.17. The number of ether oxygens (including phenoxy) is 2. The molecule has 1 N–H and O–H groups in total. The van der Waals surface area contributed by atoms with Crippen LogP contribution in [0.2, 0.25) is 0 Å². The Kier molecular flexibility index (Phi) is 7.65. The van der Waals surface area contributed by atoms with Gasteiger partial charge in [-0.05, 0) is 48.6 Å². The SMILES string of the molecule is CCCc1cc(=O)oc2cc(C)cc(OC(=O)[C@@H](CC)NC(=O)OCc3ccccc3)c12. The molecule has 0 saturated heterocycles. The number of benzene rings is 2. The molecule has 168 valence electrons. The predicted molar refractivity (Wildman–Crippen MR) is 121 cm³/mol. The van der Waals surface area contributed by atoms with Crippen LogP contribution in [0.3, 0.4) is 0 Å². The van der Waals surface area contributed by atoms with Gasteiger partial charge in [-0.15, -0.1) is 0 Å². The first-order chi connectivity index (χ1) is 15.4. The number of aryl methyl sites for hydroxylation is 2. The molecule has 0 bridgehead atoms. The number of hydrogen-bond acceptors (Lipinski definition) is 6. The molecule has 0 aliphatic rings. The number of nitrogens with one attached hydrogen (secondary N) is 1. The lowest BCUT2D eigenvalue weighted by Crippen LogP contribution is -2.42. The van der Waals surface area contributed by atoms with Gasteiger partial charge in [0.1, 0.15) is 24.0 Å². The summed E-state index contributed by atoms with van der Waals surface area (Å²) in [4.78, 5) is 37.0. The second-order valence-corrected chi connectivity index (χ2v) is 7.56. The lowest BCUT2D eigenvalue weighted by atomic mass is 10.0. The zero-order chi connectivity index (χ0) is 23.1. The summed E-state index contributed by atoms with van der Waals surface area (Å²) in [5, 5.41) is 3.15. The van der Waals surface area contributed by atoms with Gasteiger partial charge >= 0.3 is 17.7 Å². The van der Waals surface area contributed by atoms with Crippen molar-refractivity contribution in [1.82, 2.24) is 5.32 Å². The van der Waals surface area contributed by atoms with Crippen molar-refractivity contribution in [3.8, 4) is 5.75 Å². The lowest BCUT2D eigenvalue weighted by molar-refractivity contribution is -0.136. The molecule has 0 radical (unpaired) electrons. The molecule has 1 amide bonds. The van der Waals surface area contributed by atoms with Crippen LogP contribution in [0, 0.1) is 6.92 Å². The first kappa shape index (κ1) is 23.1. The van der Waals surface area contributed by atoms with E-state index in [1.165, 1.54) is 6.07 Å². The zero-order valence-electron chi connectivity index (χ0n) is 18.5. The molecule has 0 aliphatic heterocycles. The Bertz CT molecular complexity index is 1150. The van der Waals surface area contributed by atoms with Crippen LogP contribution in [0.15, 0.2) is 57.7 Å². The van der Waals surface area contributed by atoms with Gasteiger partial charge in [0.15, 0.2) is 0 Å². The molecule has 0 saturated carbocycles. The largest absolute Gasteiger partial charge is 0.445 e. The average molecular weight is 437 g/mol.